The summed E-state index contributed by atoms with van der Waals surface area (Å²) in [6.45, 7) is 7.37. The SMILES string of the molecule is C=C/C(=N\C=C(C)C)OS. The first-order chi connectivity index (χ1) is 4.70. The van der Waals surface area contributed by atoms with E-state index in [-0.39, 0.29) is 0 Å². The summed E-state index contributed by atoms with van der Waals surface area (Å²) in [5.41, 5.74) is 1.10. The maximum atomic E-state index is 4.53. The zero-order valence-corrected chi connectivity index (χ0v) is 7.06. The zero-order valence-electron chi connectivity index (χ0n) is 6.16. The number of aliphatic imine (C=N–C) groups is 1. The van der Waals surface area contributed by atoms with E-state index < -0.39 is 0 Å². The lowest BCUT2D eigenvalue weighted by atomic mass is 10.4. The molecule has 0 aliphatic rings. The Bertz CT molecular complexity index is 168. The van der Waals surface area contributed by atoms with Crippen molar-refractivity contribution in [2.24, 2.45) is 4.99 Å². The van der Waals surface area contributed by atoms with Crippen molar-refractivity contribution >= 4 is 18.8 Å². The first-order valence-corrected chi connectivity index (χ1v) is 3.22. The highest BCUT2D eigenvalue weighted by Crippen LogP contribution is 1.93. The Morgan fingerprint density at radius 2 is 2.20 bits per heavy atom. The summed E-state index contributed by atoms with van der Waals surface area (Å²) in [5, 5.41) is 0. The molecule has 10 heavy (non-hydrogen) atoms. The van der Waals surface area contributed by atoms with Gasteiger partial charge in [0.15, 0.2) is 0 Å². The van der Waals surface area contributed by atoms with E-state index in [1.807, 2.05) is 13.8 Å². The van der Waals surface area contributed by atoms with Gasteiger partial charge in [-0.25, -0.2) is 4.99 Å². The van der Waals surface area contributed by atoms with Crippen molar-refractivity contribution in [1.29, 1.82) is 0 Å². The number of thiol groups is 1. The molecule has 0 atom stereocenters. The van der Waals surface area contributed by atoms with Gasteiger partial charge in [0.25, 0.3) is 0 Å². The fraction of sp³-hybridized carbons (Fsp3) is 0.286. The van der Waals surface area contributed by atoms with Gasteiger partial charge >= 0.3 is 0 Å². The van der Waals surface area contributed by atoms with Crippen LogP contribution < -0.4 is 0 Å². The largest absolute Gasteiger partial charge is 0.409 e. The van der Waals surface area contributed by atoms with E-state index in [9.17, 15) is 0 Å². The molecular weight excluding hydrogens is 146 g/mol. The minimum atomic E-state index is 0.407. The van der Waals surface area contributed by atoms with Crippen molar-refractivity contribution in [2.45, 2.75) is 13.8 Å². The van der Waals surface area contributed by atoms with Gasteiger partial charge in [-0.15, -0.1) is 0 Å². The summed E-state index contributed by atoms with van der Waals surface area (Å²) in [6, 6.07) is 0. The van der Waals surface area contributed by atoms with Crippen LogP contribution >= 0.6 is 12.9 Å². The summed E-state index contributed by atoms with van der Waals surface area (Å²) in [7, 11) is 0. The molecule has 0 radical (unpaired) electrons. The Morgan fingerprint density at radius 1 is 1.60 bits per heavy atom. The minimum absolute atomic E-state index is 0.407. The van der Waals surface area contributed by atoms with Crippen LogP contribution in [0, 0.1) is 0 Å². The molecule has 0 saturated carbocycles. The summed E-state index contributed by atoms with van der Waals surface area (Å²) in [6.07, 6.45) is 3.18. The molecule has 0 N–H and O–H groups in total. The lowest BCUT2D eigenvalue weighted by Gasteiger charge is -1.92. The van der Waals surface area contributed by atoms with Gasteiger partial charge in [0.1, 0.15) is 0 Å². The van der Waals surface area contributed by atoms with Gasteiger partial charge in [0, 0.05) is 19.1 Å². The highest BCUT2D eigenvalue weighted by molar-refractivity contribution is 7.75. The van der Waals surface area contributed by atoms with E-state index in [0.717, 1.165) is 5.57 Å². The van der Waals surface area contributed by atoms with Crippen LogP contribution in [0.1, 0.15) is 13.8 Å². The number of rotatable bonds is 2. The zero-order chi connectivity index (χ0) is 7.98. The van der Waals surface area contributed by atoms with Crippen molar-refractivity contribution in [3.05, 3.63) is 24.4 Å². The Balaban J connectivity index is 4.12. The van der Waals surface area contributed by atoms with Gasteiger partial charge in [0.05, 0.1) is 0 Å². The molecule has 3 heteroatoms. The first-order valence-electron chi connectivity index (χ1n) is 2.85. The molecule has 2 nitrogen and oxygen atoms in total. The highest BCUT2D eigenvalue weighted by atomic mass is 32.1. The molecule has 0 fully saturated rings. The molecule has 0 aliphatic heterocycles. The van der Waals surface area contributed by atoms with Crippen LogP contribution in [0.5, 0.6) is 0 Å². The van der Waals surface area contributed by atoms with Gasteiger partial charge in [-0.3, -0.25) is 0 Å². The van der Waals surface area contributed by atoms with Gasteiger partial charge in [0.2, 0.25) is 5.90 Å². The molecule has 0 unspecified atom stereocenters. The molecule has 0 aromatic rings. The smallest absolute Gasteiger partial charge is 0.226 e. The normalized spacial score (nSPS) is 10.5. The van der Waals surface area contributed by atoms with Gasteiger partial charge in [-0.05, 0) is 19.9 Å². The van der Waals surface area contributed by atoms with Crippen molar-refractivity contribution in [3.8, 4) is 0 Å². The minimum Gasteiger partial charge on any atom is -0.409 e. The predicted molar refractivity (Wildman–Crippen MR) is 47.1 cm³/mol. The average Bonchev–Trinajstić information content (AvgIpc) is 1.90. The van der Waals surface area contributed by atoms with E-state index in [0.29, 0.717) is 5.90 Å². The van der Waals surface area contributed by atoms with E-state index in [2.05, 4.69) is 28.7 Å². The van der Waals surface area contributed by atoms with Crippen LogP contribution in [0.2, 0.25) is 0 Å². The molecule has 0 saturated heterocycles. The van der Waals surface area contributed by atoms with Crippen LogP contribution in [0.4, 0.5) is 0 Å². The Hall–Kier alpha value is -0.700. The standard InChI is InChI=1S/C7H11NOS/c1-4-7(9-10)8-5-6(2)3/h4-5,10H,1H2,2-3H3/b8-7+. The number of hydrogen-bond donors (Lipinski definition) is 1. The second-order valence-electron chi connectivity index (χ2n) is 1.97. The maximum absolute atomic E-state index is 4.53. The fourth-order valence-electron chi connectivity index (χ4n) is 0.306. The van der Waals surface area contributed by atoms with Crippen molar-refractivity contribution in [3.63, 3.8) is 0 Å². The summed E-state index contributed by atoms with van der Waals surface area (Å²) in [4.78, 5) is 3.90. The molecule has 0 heterocycles. The monoisotopic (exact) mass is 157 g/mol. The van der Waals surface area contributed by atoms with Crippen LogP contribution in [-0.4, -0.2) is 5.90 Å². The average molecular weight is 157 g/mol. The Kier molecular flexibility index (Phi) is 4.76. The number of nitrogens with zero attached hydrogens (tertiary/aromatic N) is 1. The molecule has 0 spiro atoms. The van der Waals surface area contributed by atoms with Crippen molar-refractivity contribution in [2.75, 3.05) is 0 Å². The molecule has 0 rings (SSSR count). The van der Waals surface area contributed by atoms with E-state index in [1.165, 1.54) is 6.08 Å². The molecule has 0 bridgehead atoms. The summed E-state index contributed by atoms with van der Waals surface area (Å²) < 4.78 is 4.53. The molecule has 0 aromatic carbocycles. The lowest BCUT2D eigenvalue weighted by molar-refractivity contribution is 0.664. The summed E-state index contributed by atoms with van der Waals surface area (Å²) >= 11 is 3.57. The van der Waals surface area contributed by atoms with Gasteiger partial charge in [-0.1, -0.05) is 12.2 Å². The second kappa shape index (κ2) is 5.11. The fourth-order valence-corrected chi connectivity index (χ4v) is 0.428. The van der Waals surface area contributed by atoms with E-state index >= 15 is 0 Å². The summed E-state index contributed by atoms with van der Waals surface area (Å²) in [5.74, 6) is 0.407. The third kappa shape index (κ3) is 4.21. The highest BCUT2D eigenvalue weighted by Gasteiger charge is 1.85. The van der Waals surface area contributed by atoms with Crippen LogP contribution in [0.3, 0.4) is 0 Å². The third-order valence-corrected chi connectivity index (χ3v) is 0.905. The number of allylic oxidation sites excluding steroid dienone is 1. The van der Waals surface area contributed by atoms with E-state index in [1.54, 1.807) is 6.20 Å². The Labute approximate surface area is 66.9 Å². The molecule has 0 amide bonds. The Morgan fingerprint density at radius 3 is 2.50 bits per heavy atom. The van der Waals surface area contributed by atoms with Crippen molar-refractivity contribution < 1.29 is 4.18 Å². The van der Waals surface area contributed by atoms with Gasteiger partial charge in [-0.2, -0.15) is 0 Å². The second-order valence-corrected chi connectivity index (χ2v) is 2.15. The number of hydrogen-bond acceptors (Lipinski definition) is 3. The molecular formula is C7H11NOS. The topological polar surface area (TPSA) is 21.6 Å². The molecule has 0 aliphatic carbocycles. The molecule has 0 aromatic heterocycles. The predicted octanol–water partition coefficient (Wildman–Crippen LogP) is 2.36. The van der Waals surface area contributed by atoms with Crippen LogP contribution in [-0.2, 0) is 4.18 Å². The van der Waals surface area contributed by atoms with Gasteiger partial charge < -0.3 is 4.18 Å². The quantitative estimate of drug-likeness (QED) is 0.282. The maximum Gasteiger partial charge on any atom is 0.226 e. The third-order valence-electron chi connectivity index (χ3n) is 0.718. The first kappa shape index (κ1) is 9.30. The van der Waals surface area contributed by atoms with E-state index in [4.69, 9.17) is 0 Å². The van der Waals surface area contributed by atoms with Crippen LogP contribution in [0.15, 0.2) is 29.4 Å². The van der Waals surface area contributed by atoms with Crippen molar-refractivity contribution in [1.82, 2.24) is 0 Å². The molecule has 56 valence electrons. The lowest BCUT2D eigenvalue weighted by Crippen LogP contribution is -1.89. The van der Waals surface area contributed by atoms with Crippen LogP contribution in [0.25, 0.3) is 0 Å².